The van der Waals surface area contributed by atoms with E-state index in [2.05, 4.69) is 17.0 Å². The minimum atomic E-state index is 0.381. The lowest BCUT2D eigenvalue weighted by molar-refractivity contribution is 0.475. The summed E-state index contributed by atoms with van der Waals surface area (Å²) in [5.74, 6) is 1.85. The van der Waals surface area contributed by atoms with Crippen LogP contribution in [0.2, 0.25) is 0 Å². The Kier molecular flexibility index (Phi) is 4.20. The lowest BCUT2D eigenvalue weighted by Crippen LogP contribution is -1.95. The number of aryl methyl sites for hydroxylation is 2. The predicted octanol–water partition coefficient (Wildman–Crippen LogP) is 3.53. The van der Waals surface area contributed by atoms with Gasteiger partial charge in [0.05, 0.1) is 18.3 Å². The van der Waals surface area contributed by atoms with Gasteiger partial charge in [0.2, 0.25) is 0 Å². The summed E-state index contributed by atoms with van der Waals surface area (Å²) in [7, 11) is 0. The van der Waals surface area contributed by atoms with Crippen LogP contribution in [-0.4, -0.2) is 14.8 Å². The first-order valence-corrected chi connectivity index (χ1v) is 6.48. The number of rotatable bonds is 5. The molecule has 2 aromatic heterocycles. The molecule has 0 spiro atoms. The summed E-state index contributed by atoms with van der Waals surface area (Å²) in [4.78, 5) is 4.20. The van der Waals surface area contributed by atoms with E-state index in [-0.39, 0.29) is 0 Å². The Morgan fingerprint density at radius 1 is 1.39 bits per heavy atom. The van der Waals surface area contributed by atoms with Gasteiger partial charge in [-0.05, 0) is 13.3 Å². The Bertz CT molecular complexity index is 525. The summed E-state index contributed by atoms with van der Waals surface area (Å²) in [6.45, 7) is 4.92. The molecule has 0 unspecified atom stereocenters. The van der Waals surface area contributed by atoms with Crippen molar-refractivity contribution in [1.29, 1.82) is 0 Å². The number of hydrogen-bond donors (Lipinski definition) is 0. The fraction of sp³-hybridized carbons (Fsp3) is 0.385. The molecule has 2 aromatic rings. The maximum atomic E-state index is 5.86. The summed E-state index contributed by atoms with van der Waals surface area (Å²) in [5.41, 5.74) is 1.78. The standard InChI is InChI=1S/C13H16ClN3O/c1-3-4-17-9-12(8-16-17)18-13-5-10(2)15-7-11(13)6-14/h5,7-9H,3-4,6H2,1-2H3. The number of halogens is 1. The van der Waals surface area contributed by atoms with Crippen molar-refractivity contribution in [3.63, 3.8) is 0 Å². The van der Waals surface area contributed by atoms with Crippen molar-refractivity contribution in [2.75, 3.05) is 0 Å². The molecule has 96 valence electrons. The Hall–Kier alpha value is -1.55. The fourth-order valence-electron chi connectivity index (χ4n) is 1.63. The minimum absolute atomic E-state index is 0.381. The van der Waals surface area contributed by atoms with Gasteiger partial charge >= 0.3 is 0 Å². The zero-order valence-electron chi connectivity index (χ0n) is 10.6. The van der Waals surface area contributed by atoms with E-state index >= 15 is 0 Å². The van der Waals surface area contributed by atoms with Gasteiger partial charge in [-0.15, -0.1) is 11.6 Å². The van der Waals surface area contributed by atoms with Gasteiger partial charge < -0.3 is 4.74 Å². The summed E-state index contributed by atoms with van der Waals surface area (Å²) >= 11 is 5.86. The van der Waals surface area contributed by atoms with E-state index in [1.165, 1.54) is 0 Å². The number of hydrogen-bond acceptors (Lipinski definition) is 3. The third-order valence-electron chi connectivity index (χ3n) is 2.51. The van der Waals surface area contributed by atoms with Crippen LogP contribution < -0.4 is 4.74 Å². The first-order chi connectivity index (χ1) is 8.72. The molecule has 0 aliphatic rings. The van der Waals surface area contributed by atoms with Gasteiger partial charge in [-0.3, -0.25) is 9.67 Å². The summed E-state index contributed by atoms with van der Waals surface area (Å²) in [6, 6.07) is 1.88. The van der Waals surface area contributed by atoms with Gasteiger partial charge in [-0.2, -0.15) is 5.10 Å². The number of nitrogens with zero attached hydrogens (tertiary/aromatic N) is 3. The molecule has 0 radical (unpaired) electrons. The molecule has 0 aliphatic carbocycles. The van der Waals surface area contributed by atoms with E-state index < -0.39 is 0 Å². The zero-order valence-corrected chi connectivity index (χ0v) is 11.3. The molecule has 5 heteroatoms. The fourth-order valence-corrected chi connectivity index (χ4v) is 1.83. The van der Waals surface area contributed by atoms with E-state index in [4.69, 9.17) is 16.3 Å². The average Bonchev–Trinajstić information content (AvgIpc) is 2.77. The molecule has 0 aromatic carbocycles. The average molecular weight is 266 g/mol. The van der Waals surface area contributed by atoms with Crippen molar-refractivity contribution in [1.82, 2.24) is 14.8 Å². The quantitative estimate of drug-likeness (QED) is 0.777. The van der Waals surface area contributed by atoms with Crippen LogP contribution in [0.25, 0.3) is 0 Å². The van der Waals surface area contributed by atoms with Crippen LogP contribution in [-0.2, 0) is 12.4 Å². The molecule has 0 fully saturated rings. The van der Waals surface area contributed by atoms with Crippen LogP contribution in [0.1, 0.15) is 24.6 Å². The van der Waals surface area contributed by atoms with E-state index in [1.54, 1.807) is 12.4 Å². The highest BCUT2D eigenvalue weighted by atomic mass is 35.5. The smallest absolute Gasteiger partial charge is 0.165 e. The summed E-state index contributed by atoms with van der Waals surface area (Å²) in [6.07, 6.45) is 6.39. The molecule has 2 heterocycles. The zero-order chi connectivity index (χ0) is 13.0. The molecular weight excluding hydrogens is 250 g/mol. The number of pyridine rings is 1. The van der Waals surface area contributed by atoms with Crippen LogP contribution in [0.15, 0.2) is 24.7 Å². The van der Waals surface area contributed by atoms with Crippen LogP contribution in [0.5, 0.6) is 11.5 Å². The monoisotopic (exact) mass is 265 g/mol. The van der Waals surface area contributed by atoms with Gasteiger partial charge in [-0.25, -0.2) is 0 Å². The van der Waals surface area contributed by atoms with E-state index in [9.17, 15) is 0 Å². The molecule has 0 saturated carbocycles. The Balaban J connectivity index is 2.19. The predicted molar refractivity (Wildman–Crippen MR) is 71.1 cm³/mol. The molecular formula is C13H16ClN3O. The van der Waals surface area contributed by atoms with Crippen LogP contribution >= 0.6 is 11.6 Å². The lowest BCUT2D eigenvalue weighted by Gasteiger charge is -2.07. The second kappa shape index (κ2) is 5.87. The molecule has 0 saturated heterocycles. The van der Waals surface area contributed by atoms with E-state index in [0.29, 0.717) is 5.88 Å². The Labute approximate surface area is 112 Å². The first-order valence-electron chi connectivity index (χ1n) is 5.94. The third kappa shape index (κ3) is 3.01. The number of aromatic nitrogens is 3. The molecule has 0 amide bonds. The molecule has 0 bridgehead atoms. The normalized spacial score (nSPS) is 10.6. The molecule has 2 rings (SSSR count). The van der Waals surface area contributed by atoms with Crippen LogP contribution in [0.4, 0.5) is 0 Å². The van der Waals surface area contributed by atoms with Crippen molar-refractivity contribution >= 4 is 11.6 Å². The molecule has 0 N–H and O–H groups in total. The van der Waals surface area contributed by atoms with Crippen molar-refractivity contribution in [3.8, 4) is 11.5 Å². The first kappa shape index (κ1) is 12.9. The highest BCUT2D eigenvalue weighted by molar-refractivity contribution is 6.17. The van der Waals surface area contributed by atoms with Gasteiger partial charge in [0.25, 0.3) is 0 Å². The van der Waals surface area contributed by atoms with Crippen molar-refractivity contribution in [2.45, 2.75) is 32.7 Å². The second-order valence-electron chi connectivity index (χ2n) is 4.11. The van der Waals surface area contributed by atoms with Gasteiger partial charge in [-0.1, -0.05) is 6.92 Å². The Morgan fingerprint density at radius 3 is 2.94 bits per heavy atom. The Morgan fingerprint density at radius 2 is 2.22 bits per heavy atom. The van der Waals surface area contributed by atoms with E-state index in [1.807, 2.05) is 23.9 Å². The molecule has 18 heavy (non-hydrogen) atoms. The second-order valence-corrected chi connectivity index (χ2v) is 4.38. The largest absolute Gasteiger partial charge is 0.454 e. The maximum absolute atomic E-state index is 5.86. The molecule has 0 aliphatic heterocycles. The molecule has 0 atom stereocenters. The summed E-state index contributed by atoms with van der Waals surface area (Å²) < 4.78 is 7.67. The minimum Gasteiger partial charge on any atom is -0.454 e. The molecule has 4 nitrogen and oxygen atoms in total. The van der Waals surface area contributed by atoms with Gasteiger partial charge in [0.1, 0.15) is 5.75 Å². The van der Waals surface area contributed by atoms with Crippen LogP contribution in [0, 0.1) is 6.92 Å². The van der Waals surface area contributed by atoms with Crippen LogP contribution in [0.3, 0.4) is 0 Å². The lowest BCUT2D eigenvalue weighted by atomic mass is 10.2. The third-order valence-corrected chi connectivity index (χ3v) is 2.80. The number of alkyl halides is 1. The highest BCUT2D eigenvalue weighted by Gasteiger charge is 2.07. The van der Waals surface area contributed by atoms with Crippen molar-refractivity contribution < 1.29 is 4.74 Å². The van der Waals surface area contributed by atoms with Crippen molar-refractivity contribution in [2.24, 2.45) is 0 Å². The maximum Gasteiger partial charge on any atom is 0.165 e. The van der Waals surface area contributed by atoms with E-state index in [0.717, 1.165) is 35.7 Å². The summed E-state index contributed by atoms with van der Waals surface area (Å²) in [5, 5.41) is 4.22. The SMILES string of the molecule is CCCn1cc(Oc2cc(C)ncc2CCl)cn1. The highest BCUT2D eigenvalue weighted by Crippen LogP contribution is 2.26. The van der Waals surface area contributed by atoms with Gasteiger partial charge in [0, 0.05) is 30.1 Å². The van der Waals surface area contributed by atoms with Gasteiger partial charge in [0.15, 0.2) is 5.75 Å². The van der Waals surface area contributed by atoms with Crippen molar-refractivity contribution in [3.05, 3.63) is 35.9 Å². The topological polar surface area (TPSA) is 39.9 Å². The number of ether oxygens (including phenoxy) is 1.